The van der Waals surface area contributed by atoms with E-state index in [4.69, 9.17) is 9.26 Å². The van der Waals surface area contributed by atoms with Gasteiger partial charge in [0.15, 0.2) is 11.7 Å². The maximum atomic E-state index is 5.42. The third kappa shape index (κ3) is 7.38. The fraction of sp³-hybridized carbons (Fsp3) is 0.565. The molecule has 0 bridgehead atoms. The van der Waals surface area contributed by atoms with E-state index in [1.165, 1.54) is 24.8 Å². The molecular weight excluding hydrogens is 505 g/mol. The number of halogens is 1. The second-order valence-corrected chi connectivity index (χ2v) is 8.07. The Kier molecular flexibility index (Phi) is 10.6. The SMILES string of the molecule is CN=C(NCc1cc(C(C)C)no1)NCC(c1ccc(OC)cc1)N1CCCCC1.I. The Hall–Kier alpha value is -1.81. The predicted octanol–water partition coefficient (Wildman–Crippen LogP) is 4.32. The monoisotopic (exact) mass is 541 g/mol. The summed E-state index contributed by atoms with van der Waals surface area (Å²) < 4.78 is 10.7. The molecule has 1 unspecified atom stereocenters. The number of nitrogens with zero attached hydrogens (tertiary/aromatic N) is 3. The normalized spacial score (nSPS) is 16.0. The van der Waals surface area contributed by atoms with Crippen LogP contribution in [-0.2, 0) is 6.54 Å². The van der Waals surface area contributed by atoms with Crippen LogP contribution < -0.4 is 15.4 Å². The van der Waals surface area contributed by atoms with Crippen LogP contribution in [0.3, 0.4) is 0 Å². The molecule has 1 aromatic heterocycles. The van der Waals surface area contributed by atoms with Crippen LogP contribution in [0.2, 0.25) is 0 Å². The van der Waals surface area contributed by atoms with Gasteiger partial charge in [0.05, 0.1) is 25.4 Å². The van der Waals surface area contributed by atoms with E-state index >= 15 is 0 Å². The lowest BCUT2D eigenvalue weighted by atomic mass is 10.0. The smallest absolute Gasteiger partial charge is 0.191 e. The molecule has 3 rings (SSSR count). The highest BCUT2D eigenvalue weighted by atomic mass is 127. The molecule has 0 saturated carbocycles. The molecule has 0 aliphatic carbocycles. The van der Waals surface area contributed by atoms with Crippen LogP contribution in [0, 0.1) is 0 Å². The number of hydrogen-bond donors (Lipinski definition) is 2. The standard InChI is InChI=1S/C23H35N5O2.HI/c1-17(2)21-14-20(30-27-21)15-25-23(24-3)26-16-22(28-12-6-5-7-13-28)18-8-10-19(29-4)11-9-18;/h8-11,14,17,22H,5-7,12-13,15-16H2,1-4H3,(H2,24,25,26);1H. The van der Waals surface area contributed by atoms with Gasteiger partial charge in [-0.1, -0.05) is 37.6 Å². The Balaban J connectivity index is 0.00000341. The summed E-state index contributed by atoms with van der Waals surface area (Å²) in [6, 6.07) is 10.7. The third-order valence-corrected chi connectivity index (χ3v) is 5.62. The number of benzene rings is 1. The number of ether oxygens (including phenoxy) is 1. The van der Waals surface area contributed by atoms with Gasteiger partial charge in [-0.3, -0.25) is 9.89 Å². The molecule has 31 heavy (non-hydrogen) atoms. The molecule has 2 aromatic rings. The zero-order chi connectivity index (χ0) is 21.3. The lowest BCUT2D eigenvalue weighted by molar-refractivity contribution is 0.164. The summed E-state index contributed by atoms with van der Waals surface area (Å²) in [7, 11) is 3.49. The molecular formula is C23H36IN5O2. The van der Waals surface area contributed by atoms with Crippen LogP contribution in [0.1, 0.15) is 62.1 Å². The molecule has 7 nitrogen and oxygen atoms in total. The topological polar surface area (TPSA) is 74.9 Å². The molecule has 1 aromatic carbocycles. The van der Waals surface area contributed by atoms with E-state index in [1.807, 2.05) is 18.2 Å². The van der Waals surface area contributed by atoms with Crippen molar-refractivity contribution in [3.05, 3.63) is 47.3 Å². The van der Waals surface area contributed by atoms with Crippen LogP contribution >= 0.6 is 24.0 Å². The van der Waals surface area contributed by atoms with E-state index in [0.29, 0.717) is 12.5 Å². The zero-order valence-corrected chi connectivity index (χ0v) is 21.4. The lowest BCUT2D eigenvalue weighted by Crippen LogP contribution is -2.44. The van der Waals surface area contributed by atoms with E-state index in [9.17, 15) is 0 Å². The Morgan fingerprint density at radius 1 is 1.16 bits per heavy atom. The molecule has 1 saturated heterocycles. The summed E-state index contributed by atoms with van der Waals surface area (Å²) in [5, 5.41) is 10.9. The molecule has 172 valence electrons. The highest BCUT2D eigenvalue weighted by molar-refractivity contribution is 14.0. The van der Waals surface area contributed by atoms with Gasteiger partial charge < -0.3 is 19.9 Å². The highest BCUT2D eigenvalue weighted by Gasteiger charge is 2.22. The van der Waals surface area contributed by atoms with Crippen LogP contribution in [-0.4, -0.2) is 49.8 Å². The molecule has 1 aliphatic heterocycles. The average Bonchev–Trinajstić information content (AvgIpc) is 3.26. The quantitative estimate of drug-likeness (QED) is 0.295. The fourth-order valence-corrected chi connectivity index (χ4v) is 3.78. The number of methoxy groups -OCH3 is 1. The largest absolute Gasteiger partial charge is 0.497 e. The summed E-state index contributed by atoms with van der Waals surface area (Å²) in [4.78, 5) is 6.94. The number of hydrogen-bond acceptors (Lipinski definition) is 5. The van der Waals surface area contributed by atoms with Gasteiger partial charge in [-0.25, -0.2) is 0 Å². The summed E-state index contributed by atoms with van der Waals surface area (Å²) in [5.41, 5.74) is 2.26. The van der Waals surface area contributed by atoms with Gasteiger partial charge in [0.25, 0.3) is 0 Å². The van der Waals surface area contributed by atoms with Crippen molar-refractivity contribution < 1.29 is 9.26 Å². The van der Waals surface area contributed by atoms with Gasteiger partial charge >= 0.3 is 0 Å². The van der Waals surface area contributed by atoms with E-state index in [-0.39, 0.29) is 30.0 Å². The van der Waals surface area contributed by atoms with Crippen molar-refractivity contribution in [3.63, 3.8) is 0 Å². The number of guanidine groups is 1. The Morgan fingerprint density at radius 2 is 1.87 bits per heavy atom. The number of aromatic nitrogens is 1. The van der Waals surface area contributed by atoms with Crippen molar-refractivity contribution in [2.45, 2.75) is 51.6 Å². The first kappa shape index (κ1) is 25.5. The minimum Gasteiger partial charge on any atom is -0.497 e. The Bertz CT molecular complexity index is 801. The molecule has 0 radical (unpaired) electrons. The van der Waals surface area contributed by atoms with Crippen LogP contribution in [0.4, 0.5) is 0 Å². The van der Waals surface area contributed by atoms with Crippen molar-refractivity contribution in [2.75, 3.05) is 33.8 Å². The summed E-state index contributed by atoms with van der Waals surface area (Å²) in [6.07, 6.45) is 3.82. The maximum absolute atomic E-state index is 5.42. The van der Waals surface area contributed by atoms with Crippen molar-refractivity contribution in [1.82, 2.24) is 20.7 Å². The zero-order valence-electron chi connectivity index (χ0n) is 19.1. The number of nitrogens with one attached hydrogen (secondary N) is 2. The number of likely N-dealkylation sites (tertiary alicyclic amines) is 1. The van der Waals surface area contributed by atoms with E-state index in [1.54, 1.807) is 14.2 Å². The van der Waals surface area contributed by atoms with E-state index in [2.05, 4.69) is 51.7 Å². The fourth-order valence-electron chi connectivity index (χ4n) is 3.78. The molecule has 2 N–H and O–H groups in total. The molecule has 1 fully saturated rings. The molecule has 1 aliphatic rings. The number of piperidine rings is 1. The maximum Gasteiger partial charge on any atom is 0.191 e. The number of aliphatic imine (C=N–C) groups is 1. The predicted molar refractivity (Wildman–Crippen MR) is 135 cm³/mol. The van der Waals surface area contributed by atoms with Gasteiger partial charge in [0.1, 0.15) is 5.75 Å². The molecule has 8 heteroatoms. The van der Waals surface area contributed by atoms with Gasteiger partial charge in [-0.05, 0) is 49.5 Å². The van der Waals surface area contributed by atoms with Crippen LogP contribution in [0.15, 0.2) is 39.8 Å². The molecule has 2 heterocycles. The van der Waals surface area contributed by atoms with Crippen LogP contribution in [0.5, 0.6) is 5.75 Å². The van der Waals surface area contributed by atoms with Crippen molar-refractivity contribution >= 4 is 29.9 Å². The van der Waals surface area contributed by atoms with Crippen molar-refractivity contribution in [3.8, 4) is 5.75 Å². The van der Waals surface area contributed by atoms with Gasteiger partial charge in [0.2, 0.25) is 0 Å². The second-order valence-electron chi connectivity index (χ2n) is 8.07. The Morgan fingerprint density at radius 3 is 2.45 bits per heavy atom. The van der Waals surface area contributed by atoms with Crippen molar-refractivity contribution in [1.29, 1.82) is 0 Å². The second kappa shape index (κ2) is 12.9. The number of rotatable bonds is 8. The van der Waals surface area contributed by atoms with Crippen molar-refractivity contribution in [2.24, 2.45) is 4.99 Å². The lowest BCUT2D eigenvalue weighted by Gasteiger charge is -2.35. The summed E-state index contributed by atoms with van der Waals surface area (Å²) in [5.74, 6) is 2.81. The average molecular weight is 541 g/mol. The Labute approximate surface area is 203 Å². The minimum absolute atomic E-state index is 0. The third-order valence-electron chi connectivity index (χ3n) is 5.62. The summed E-state index contributed by atoms with van der Waals surface area (Å²) in [6.45, 7) is 7.79. The van der Waals surface area contributed by atoms with E-state index in [0.717, 1.165) is 42.8 Å². The van der Waals surface area contributed by atoms with Gasteiger partial charge in [-0.15, -0.1) is 24.0 Å². The first-order chi connectivity index (χ1) is 14.6. The van der Waals surface area contributed by atoms with Crippen LogP contribution in [0.25, 0.3) is 0 Å². The van der Waals surface area contributed by atoms with Gasteiger partial charge in [-0.2, -0.15) is 0 Å². The highest BCUT2D eigenvalue weighted by Crippen LogP contribution is 2.26. The first-order valence-corrected chi connectivity index (χ1v) is 10.9. The minimum atomic E-state index is 0. The molecule has 0 spiro atoms. The first-order valence-electron chi connectivity index (χ1n) is 10.9. The molecule has 1 atom stereocenters. The van der Waals surface area contributed by atoms with Gasteiger partial charge in [0, 0.05) is 19.7 Å². The van der Waals surface area contributed by atoms with E-state index < -0.39 is 0 Å². The molecule has 0 amide bonds. The summed E-state index contributed by atoms with van der Waals surface area (Å²) >= 11 is 0.